The highest BCUT2D eigenvalue weighted by Crippen LogP contribution is 2.15. The minimum Gasteiger partial charge on any atom is -0.497 e. The first kappa shape index (κ1) is 16.3. The highest BCUT2D eigenvalue weighted by molar-refractivity contribution is 14.1. The van der Waals surface area contributed by atoms with Crippen molar-refractivity contribution < 1.29 is 19.1 Å². The maximum absolute atomic E-state index is 11.8. The molecule has 2 rings (SSSR count). The zero-order valence-corrected chi connectivity index (χ0v) is 14.0. The van der Waals surface area contributed by atoms with E-state index in [4.69, 9.17) is 9.47 Å². The maximum Gasteiger partial charge on any atom is 0.338 e. The van der Waals surface area contributed by atoms with Gasteiger partial charge in [-0.25, -0.2) is 4.79 Å². The van der Waals surface area contributed by atoms with Crippen LogP contribution in [0.3, 0.4) is 0 Å². The van der Waals surface area contributed by atoms with E-state index < -0.39 is 11.9 Å². The molecule has 0 aliphatic carbocycles. The molecule has 0 bridgehead atoms. The molecule has 5 nitrogen and oxygen atoms in total. The molecule has 6 heteroatoms. The highest BCUT2D eigenvalue weighted by Gasteiger charge is 2.10. The van der Waals surface area contributed by atoms with Gasteiger partial charge in [0.2, 0.25) is 0 Å². The van der Waals surface area contributed by atoms with Crippen LogP contribution in [0.5, 0.6) is 5.75 Å². The fourth-order valence-electron chi connectivity index (χ4n) is 1.67. The van der Waals surface area contributed by atoms with E-state index in [0.717, 1.165) is 3.57 Å². The summed E-state index contributed by atoms with van der Waals surface area (Å²) in [6, 6.07) is 13.8. The predicted octanol–water partition coefficient (Wildman–Crippen LogP) is 3.10. The summed E-state index contributed by atoms with van der Waals surface area (Å²) in [5, 5.41) is 2.64. The normalized spacial score (nSPS) is 9.91. The van der Waals surface area contributed by atoms with E-state index in [1.54, 1.807) is 55.6 Å². The number of ether oxygens (including phenoxy) is 2. The number of carbonyl (C=O) groups excluding carboxylic acids is 2. The molecule has 0 saturated carbocycles. The molecule has 1 amide bonds. The van der Waals surface area contributed by atoms with E-state index in [0.29, 0.717) is 17.0 Å². The molecule has 0 aliphatic rings. The Kier molecular flexibility index (Phi) is 5.76. The third kappa shape index (κ3) is 4.73. The number of nitrogens with one attached hydrogen (secondary N) is 1. The van der Waals surface area contributed by atoms with Gasteiger partial charge in [0, 0.05) is 9.26 Å². The summed E-state index contributed by atoms with van der Waals surface area (Å²) in [5.74, 6) is -0.228. The summed E-state index contributed by atoms with van der Waals surface area (Å²) in [7, 11) is 1.57. The zero-order valence-electron chi connectivity index (χ0n) is 11.8. The Morgan fingerprint density at radius 2 is 1.68 bits per heavy atom. The Balaban J connectivity index is 1.84. The molecular formula is C16H14INO4. The average molecular weight is 411 g/mol. The van der Waals surface area contributed by atoms with Crippen LogP contribution in [0.15, 0.2) is 48.5 Å². The first-order chi connectivity index (χ1) is 10.6. The van der Waals surface area contributed by atoms with Crippen molar-refractivity contribution in [2.75, 3.05) is 19.0 Å². The zero-order chi connectivity index (χ0) is 15.9. The highest BCUT2D eigenvalue weighted by atomic mass is 127. The summed E-state index contributed by atoms with van der Waals surface area (Å²) in [6.07, 6.45) is 0. The number of hydrogen-bond donors (Lipinski definition) is 1. The van der Waals surface area contributed by atoms with E-state index in [2.05, 4.69) is 27.9 Å². The molecule has 0 spiro atoms. The molecule has 0 aliphatic heterocycles. The number of benzene rings is 2. The van der Waals surface area contributed by atoms with Gasteiger partial charge < -0.3 is 14.8 Å². The number of amides is 1. The Bertz CT molecular complexity index is 653. The summed E-state index contributed by atoms with van der Waals surface area (Å²) in [6.45, 7) is -0.336. The lowest BCUT2D eigenvalue weighted by Crippen LogP contribution is -2.20. The van der Waals surface area contributed by atoms with E-state index >= 15 is 0 Å². The Hall–Kier alpha value is -2.09. The van der Waals surface area contributed by atoms with E-state index in [-0.39, 0.29) is 6.61 Å². The number of esters is 1. The average Bonchev–Trinajstić information content (AvgIpc) is 2.54. The molecule has 0 aromatic heterocycles. The fraction of sp³-hybridized carbons (Fsp3) is 0.125. The number of carbonyl (C=O) groups is 2. The summed E-state index contributed by atoms with van der Waals surface area (Å²) < 4.78 is 11.0. The van der Waals surface area contributed by atoms with Gasteiger partial charge in [-0.1, -0.05) is 0 Å². The van der Waals surface area contributed by atoms with Crippen molar-refractivity contribution in [2.24, 2.45) is 0 Å². The van der Waals surface area contributed by atoms with Crippen molar-refractivity contribution >= 4 is 40.2 Å². The second-order valence-corrected chi connectivity index (χ2v) is 5.61. The Morgan fingerprint density at radius 3 is 2.27 bits per heavy atom. The van der Waals surface area contributed by atoms with Crippen LogP contribution in [-0.2, 0) is 9.53 Å². The van der Waals surface area contributed by atoms with Gasteiger partial charge in [0.25, 0.3) is 5.91 Å². The lowest BCUT2D eigenvalue weighted by Gasteiger charge is -2.07. The molecule has 22 heavy (non-hydrogen) atoms. The number of halogens is 1. The van der Waals surface area contributed by atoms with Crippen molar-refractivity contribution in [3.05, 3.63) is 57.7 Å². The SMILES string of the molecule is COc1ccc(NC(=O)COC(=O)c2ccc(I)cc2)cc1. The largest absolute Gasteiger partial charge is 0.497 e. The molecule has 0 unspecified atom stereocenters. The van der Waals surface area contributed by atoms with Crippen LogP contribution in [0.25, 0.3) is 0 Å². The fourth-order valence-corrected chi connectivity index (χ4v) is 2.03. The third-order valence-corrected chi connectivity index (χ3v) is 3.51. The van der Waals surface area contributed by atoms with Crippen molar-refractivity contribution in [3.63, 3.8) is 0 Å². The van der Waals surface area contributed by atoms with Crippen LogP contribution in [-0.4, -0.2) is 25.6 Å². The topological polar surface area (TPSA) is 64.6 Å². The summed E-state index contributed by atoms with van der Waals surface area (Å²) >= 11 is 2.14. The molecule has 1 N–H and O–H groups in total. The number of rotatable bonds is 5. The summed E-state index contributed by atoms with van der Waals surface area (Å²) in [4.78, 5) is 23.5. The lowest BCUT2D eigenvalue weighted by atomic mass is 10.2. The Labute approximate surface area is 141 Å². The Morgan fingerprint density at radius 1 is 1.05 bits per heavy atom. The van der Waals surface area contributed by atoms with Crippen molar-refractivity contribution in [3.8, 4) is 5.75 Å². The molecule has 0 saturated heterocycles. The number of methoxy groups -OCH3 is 1. The van der Waals surface area contributed by atoms with Crippen LogP contribution >= 0.6 is 22.6 Å². The van der Waals surface area contributed by atoms with E-state index in [1.165, 1.54) is 0 Å². The standard InChI is InChI=1S/C16H14INO4/c1-21-14-8-6-13(7-9-14)18-15(19)10-22-16(20)11-2-4-12(17)5-3-11/h2-9H,10H2,1H3,(H,18,19). The van der Waals surface area contributed by atoms with Gasteiger partial charge in [0.05, 0.1) is 12.7 Å². The van der Waals surface area contributed by atoms with Gasteiger partial charge in [0.1, 0.15) is 5.75 Å². The number of hydrogen-bond acceptors (Lipinski definition) is 4. The first-order valence-electron chi connectivity index (χ1n) is 6.45. The van der Waals surface area contributed by atoms with Crippen molar-refractivity contribution in [1.29, 1.82) is 0 Å². The lowest BCUT2D eigenvalue weighted by molar-refractivity contribution is -0.119. The molecule has 2 aromatic rings. The van der Waals surface area contributed by atoms with Gasteiger partial charge in [-0.3, -0.25) is 4.79 Å². The molecule has 0 radical (unpaired) electrons. The molecule has 0 fully saturated rings. The van der Waals surface area contributed by atoms with Gasteiger partial charge >= 0.3 is 5.97 Å². The van der Waals surface area contributed by atoms with Gasteiger partial charge in [-0.2, -0.15) is 0 Å². The first-order valence-corrected chi connectivity index (χ1v) is 7.53. The van der Waals surface area contributed by atoms with Gasteiger partial charge in [-0.05, 0) is 71.1 Å². The minimum absolute atomic E-state index is 0.336. The monoisotopic (exact) mass is 411 g/mol. The molecule has 0 atom stereocenters. The maximum atomic E-state index is 11.8. The molecule has 2 aromatic carbocycles. The van der Waals surface area contributed by atoms with Crippen LogP contribution in [0, 0.1) is 3.57 Å². The van der Waals surface area contributed by atoms with Crippen molar-refractivity contribution in [2.45, 2.75) is 0 Å². The van der Waals surface area contributed by atoms with Gasteiger partial charge in [-0.15, -0.1) is 0 Å². The minimum atomic E-state index is -0.527. The molecular weight excluding hydrogens is 397 g/mol. The van der Waals surface area contributed by atoms with E-state index in [1.807, 2.05) is 0 Å². The molecule has 114 valence electrons. The second-order valence-electron chi connectivity index (χ2n) is 4.36. The van der Waals surface area contributed by atoms with E-state index in [9.17, 15) is 9.59 Å². The third-order valence-electron chi connectivity index (χ3n) is 2.79. The van der Waals surface area contributed by atoms with Crippen LogP contribution < -0.4 is 10.1 Å². The van der Waals surface area contributed by atoms with Crippen LogP contribution in [0.2, 0.25) is 0 Å². The molecule has 0 heterocycles. The van der Waals surface area contributed by atoms with Crippen LogP contribution in [0.4, 0.5) is 5.69 Å². The van der Waals surface area contributed by atoms with Crippen LogP contribution in [0.1, 0.15) is 10.4 Å². The predicted molar refractivity (Wildman–Crippen MR) is 91.1 cm³/mol. The van der Waals surface area contributed by atoms with Gasteiger partial charge in [0.15, 0.2) is 6.61 Å². The number of anilines is 1. The smallest absolute Gasteiger partial charge is 0.338 e. The van der Waals surface area contributed by atoms with Crippen molar-refractivity contribution in [1.82, 2.24) is 0 Å². The quantitative estimate of drug-likeness (QED) is 0.607. The summed E-state index contributed by atoms with van der Waals surface area (Å²) in [5.41, 5.74) is 1.02. The second kappa shape index (κ2) is 7.79.